The number of ether oxygens (including phenoxy) is 1. The lowest BCUT2D eigenvalue weighted by Gasteiger charge is -2.08. The van der Waals surface area contributed by atoms with Gasteiger partial charge < -0.3 is 15.2 Å². The molecular formula is C12H16N2O4. The summed E-state index contributed by atoms with van der Waals surface area (Å²) in [6, 6.07) is 5.40. The Kier molecular flexibility index (Phi) is 4.11. The molecule has 1 aliphatic carbocycles. The molecule has 0 spiro atoms. The summed E-state index contributed by atoms with van der Waals surface area (Å²) >= 11 is 0. The molecule has 2 N–H and O–H groups in total. The SMILES string of the molecule is O=[N+]([O-])c1ccc(CNC2CC2)cc1OCCO. The fraction of sp³-hybridized carbons (Fsp3) is 0.500. The lowest BCUT2D eigenvalue weighted by atomic mass is 10.2. The second kappa shape index (κ2) is 5.79. The Morgan fingerprint density at radius 2 is 2.28 bits per heavy atom. The smallest absolute Gasteiger partial charge is 0.310 e. The highest BCUT2D eigenvalue weighted by atomic mass is 16.6. The number of nitrogens with zero attached hydrogens (tertiary/aromatic N) is 1. The third-order valence-corrected chi connectivity index (χ3v) is 2.74. The van der Waals surface area contributed by atoms with Crippen molar-refractivity contribution in [2.45, 2.75) is 25.4 Å². The van der Waals surface area contributed by atoms with Crippen LogP contribution in [0.1, 0.15) is 18.4 Å². The number of aliphatic hydroxyl groups is 1. The summed E-state index contributed by atoms with van der Waals surface area (Å²) in [5, 5.41) is 22.9. The van der Waals surface area contributed by atoms with Crippen molar-refractivity contribution < 1.29 is 14.8 Å². The Morgan fingerprint density at radius 3 is 2.89 bits per heavy atom. The second-order valence-corrected chi connectivity index (χ2v) is 4.29. The van der Waals surface area contributed by atoms with E-state index in [4.69, 9.17) is 9.84 Å². The molecule has 0 bridgehead atoms. The van der Waals surface area contributed by atoms with E-state index in [9.17, 15) is 10.1 Å². The molecule has 6 heteroatoms. The van der Waals surface area contributed by atoms with Gasteiger partial charge >= 0.3 is 5.69 Å². The fourth-order valence-electron chi connectivity index (χ4n) is 1.64. The van der Waals surface area contributed by atoms with Crippen molar-refractivity contribution in [3.8, 4) is 5.75 Å². The molecule has 0 saturated heterocycles. The van der Waals surface area contributed by atoms with Crippen LogP contribution in [0.3, 0.4) is 0 Å². The van der Waals surface area contributed by atoms with Crippen LogP contribution in [-0.4, -0.2) is 29.3 Å². The third-order valence-electron chi connectivity index (χ3n) is 2.74. The topological polar surface area (TPSA) is 84.6 Å². The van der Waals surface area contributed by atoms with Crippen LogP contribution in [0.4, 0.5) is 5.69 Å². The van der Waals surface area contributed by atoms with Crippen LogP contribution < -0.4 is 10.1 Å². The van der Waals surface area contributed by atoms with Gasteiger partial charge in [0.25, 0.3) is 0 Å². The first-order chi connectivity index (χ1) is 8.70. The maximum Gasteiger partial charge on any atom is 0.310 e. The quantitative estimate of drug-likeness (QED) is 0.563. The molecule has 1 fully saturated rings. The molecule has 0 aromatic heterocycles. The van der Waals surface area contributed by atoms with Gasteiger partial charge in [0.1, 0.15) is 6.61 Å². The summed E-state index contributed by atoms with van der Waals surface area (Å²) in [5.74, 6) is 0.212. The van der Waals surface area contributed by atoms with Gasteiger partial charge in [-0.25, -0.2) is 0 Å². The first-order valence-corrected chi connectivity index (χ1v) is 5.95. The predicted molar refractivity (Wildman–Crippen MR) is 65.5 cm³/mol. The van der Waals surface area contributed by atoms with Crippen molar-refractivity contribution in [1.29, 1.82) is 0 Å². The van der Waals surface area contributed by atoms with Gasteiger partial charge in [0, 0.05) is 18.7 Å². The van der Waals surface area contributed by atoms with Crippen molar-refractivity contribution in [2.75, 3.05) is 13.2 Å². The number of aliphatic hydroxyl groups excluding tert-OH is 1. The van der Waals surface area contributed by atoms with E-state index in [2.05, 4.69) is 5.32 Å². The summed E-state index contributed by atoms with van der Waals surface area (Å²) < 4.78 is 5.19. The van der Waals surface area contributed by atoms with Crippen LogP contribution in [0.25, 0.3) is 0 Å². The lowest BCUT2D eigenvalue weighted by Crippen LogP contribution is -2.15. The van der Waals surface area contributed by atoms with E-state index >= 15 is 0 Å². The maximum absolute atomic E-state index is 10.8. The Balaban J connectivity index is 2.08. The van der Waals surface area contributed by atoms with Gasteiger partial charge in [-0.15, -0.1) is 0 Å². The minimum Gasteiger partial charge on any atom is -0.484 e. The van der Waals surface area contributed by atoms with Crippen LogP contribution in [0.5, 0.6) is 5.75 Å². The molecule has 1 aliphatic rings. The van der Waals surface area contributed by atoms with E-state index in [0.717, 1.165) is 5.56 Å². The zero-order chi connectivity index (χ0) is 13.0. The van der Waals surface area contributed by atoms with E-state index in [0.29, 0.717) is 12.6 Å². The van der Waals surface area contributed by atoms with Crippen molar-refractivity contribution in [3.63, 3.8) is 0 Å². The Hall–Kier alpha value is -1.66. The van der Waals surface area contributed by atoms with Crippen LogP contribution in [0.15, 0.2) is 18.2 Å². The highest BCUT2D eigenvalue weighted by Gasteiger charge is 2.21. The van der Waals surface area contributed by atoms with Gasteiger partial charge in [0.15, 0.2) is 5.75 Å². The van der Waals surface area contributed by atoms with Crippen molar-refractivity contribution in [1.82, 2.24) is 5.32 Å². The van der Waals surface area contributed by atoms with Gasteiger partial charge in [-0.2, -0.15) is 0 Å². The van der Waals surface area contributed by atoms with E-state index in [1.165, 1.54) is 18.9 Å². The molecule has 1 aromatic carbocycles. The fourth-order valence-corrected chi connectivity index (χ4v) is 1.64. The Labute approximate surface area is 105 Å². The molecule has 0 amide bonds. The summed E-state index contributed by atoms with van der Waals surface area (Å²) in [7, 11) is 0. The maximum atomic E-state index is 10.8. The number of nitro benzene ring substituents is 1. The zero-order valence-electron chi connectivity index (χ0n) is 9.96. The lowest BCUT2D eigenvalue weighted by molar-refractivity contribution is -0.385. The molecule has 6 nitrogen and oxygen atoms in total. The van der Waals surface area contributed by atoms with Crippen molar-refractivity contribution in [3.05, 3.63) is 33.9 Å². The van der Waals surface area contributed by atoms with E-state index in [1.54, 1.807) is 12.1 Å². The standard InChI is InChI=1S/C12H16N2O4/c15-5-6-18-12-7-9(8-13-10-2-3-10)1-4-11(12)14(16)17/h1,4,7,10,13,15H,2-3,5-6,8H2. The molecule has 18 heavy (non-hydrogen) atoms. The molecule has 2 rings (SSSR count). The number of benzene rings is 1. The predicted octanol–water partition coefficient (Wildman–Crippen LogP) is 1.22. The summed E-state index contributed by atoms with van der Waals surface area (Å²) in [5.41, 5.74) is 0.874. The van der Waals surface area contributed by atoms with Crippen LogP contribution in [-0.2, 0) is 6.54 Å². The average Bonchev–Trinajstić information content (AvgIpc) is 3.17. The molecule has 0 heterocycles. The Morgan fingerprint density at radius 1 is 1.50 bits per heavy atom. The number of rotatable bonds is 7. The second-order valence-electron chi connectivity index (χ2n) is 4.29. The molecule has 98 valence electrons. The van der Waals surface area contributed by atoms with Gasteiger partial charge in [0.05, 0.1) is 11.5 Å². The molecule has 0 unspecified atom stereocenters. The van der Waals surface area contributed by atoms with E-state index in [1.807, 2.05) is 0 Å². The minimum atomic E-state index is -0.481. The molecule has 0 aliphatic heterocycles. The first kappa shape index (κ1) is 12.8. The average molecular weight is 252 g/mol. The van der Waals surface area contributed by atoms with E-state index in [-0.39, 0.29) is 24.7 Å². The molecule has 0 atom stereocenters. The minimum absolute atomic E-state index is 0.0559. The van der Waals surface area contributed by atoms with Gasteiger partial charge in [-0.1, -0.05) is 6.07 Å². The number of hydrogen-bond donors (Lipinski definition) is 2. The molecule has 1 saturated carbocycles. The normalized spacial score (nSPS) is 14.5. The zero-order valence-corrected chi connectivity index (χ0v) is 9.96. The summed E-state index contributed by atoms with van der Waals surface area (Å²) in [6.07, 6.45) is 2.39. The number of hydrogen-bond acceptors (Lipinski definition) is 5. The molecule has 1 aromatic rings. The Bertz CT molecular complexity index is 432. The first-order valence-electron chi connectivity index (χ1n) is 5.95. The largest absolute Gasteiger partial charge is 0.484 e. The summed E-state index contributed by atoms with van der Waals surface area (Å²) in [6.45, 7) is 0.570. The van der Waals surface area contributed by atoms with Crippen LogP contribution >= 0.6 is 0 Å². The highest BCUT2D eigenvalue weighted by Crippen LogP contribution is 2.28. The van der Waals surface area contributed by atoms with Crippen LogP contribution in [0, 0.1) is 10.1 Å². The van der Waals surface area contributed by atoms with Gasteiger partial charge in [-0.05, 0) is 24.5 Å². The number of nitrogens with one attached hydrogen (secondary N) is 1. The number of nitro groups is 1. The third kappa shape index (κ3) is 3.41. The highest BCUT2D eigenvalue weighted by molar-refractivity contribution is 5.48. The molecule has 0 radical (unpaired) electrons. The van der Waals surface area contributed by atoms with Crippen molar-refractivity contribution >= 4 is 5.69 Å². The molecular weight excluding hydrogens is 236 g/mol. The van der Waals surface area contributed by atoms with Gasteiger partial charge in [-0.3, -0.25) is 10.1 Å². The summed E-state index contributed by atoms with van der Waals surface area (Å²) in [4.78, 5) is 10.3. The van der Waals surface area contributed by atoms with Crippen molar-refractivity contribution in [2.24, 2.45) is 0 Å². The van der Waals surface area contributed by atoms with Crippen LogP contribution in [0.2, 0.25) is 0 Å². The monoisotopic (exact) mass is 252 g/mol. The van der Waals surface area contributed by atoms with E-state index < -0.39 is 4.92 Å². The van der Waals surface area contributed by atoms with Gasteiger partial charge in [0.2, 0.25) is 0 Å².